The average Bonchev–Trinajstić information content (AvgIpc) is 2.78. The third-order valence-corrected chi connectivity index (χ3v) is 3.54. The monoisotopic (exact) mass is 247 g/mol. The predicted molar refractivity (Wildman–Crippen MR) is 68.9 cm³/mol. The Labute approximate surface area is 105 Å². The molecule has 1 heterocycles. The fraction of sp³-hybridized carbons (Fsp3) is 0.333. The highest BCUT2D eigenvalue weighted by atomic mass is 32.2. The van der Waals surface area contributed by atoms with Crippen molar-refractivity contribution in [1.29, 1.82) is 5.26 Å². The maximum atomic E-state index is 8.58. The number of rotatable bonds is 3. The minimum Gasteiger partial charge on any atom is -0.497 e. The molecule has 1 aliphatic rings. The van der Waals surface area contributed by atoms with Crippen molar-refractivity contribution in [3.63, 3.8) is 0 Å². The first kappa shape index (κ1) is 11.8. The molecule has 0 N–H and O–H groups in total. The fourth-order valence-electron chi connectivity index (χ4n) is 1.68. The summed E-state index contributed by atoms with van der Waals surface area (Å²) in [5.74, 6) is 1.85. The van der Waals surface area contributed by atoms with E-state index < -0.39 is 0 Å². The Morgan fingerprint density at radius 1 is 1.47 bits per heavy atom. The quantitative estimate of drug-likeness (QED) is 0.767. The van der Waals surface area contributed by atoms with Gasteiger partial charge in [0.05, 0.1) is 7.11 Å². The number of methoxy groups -OCH3 is 1. The third-order valence-electron chi connectivity index (χ3n) is 2.54. The number of hydrogen-bond acceptors (Lipinski definition) is 4. The molecule has 0 aliphatic carbocycles. The fourth-order valence-corrected chi connectivity index (χ4v) is 2.62. The molecule has 0 aromatic heterocycles. The summed E-state index contributed by atoms with van der Waals surface area (Å²) in [4.78, 5) is 5.94. The SMILES string of the molecule is COc1ccc(CN2CCS/C2=N/C#N)cc1. The lowest BCUT2D eigenvalue weighted by atomic mass is 10.2. The first-order valence-corrected chi connectivity index (χ1v) is 6.29. The molecule has 0 saturated carbocycles. The number of nitrogens with zero attached hydrogens (tertiary/aromatic N) is 3. The molecule has 0 spiro atoms. The lowest BCUT2D eigenvalue weighted by Gasteiger charge is -2.16. The van der Waals surface area contributed by atoms with Crippen molar-refractivity contribution in [2.75, 3.05) is 19.4 Å². The zero-order valence-electron chi connectivity index (χ0n) is 9.59. The van der Waals surface area contributed by atoms with Gasteiger partial charge in [-0.3, -0.25) is 0 Å². The number of nitriles is 1. The van der Waals surface area contributed by atoms with Crippen LogP contribution in [0.2, 0.25) is 0 Å². The number of ether oxygens (including phenoxy) is 1. The second kappa shape index (κ2) is 5.60. The molecule has 1 aromatic rings. The molecule has 17 heavy (non-hydrogen) atoms. The smallest absolute Gasteiger partial charge is 0.208 e. The molecular formula is C12H13N3OS. The molecule has 88 valence electrons. The standard InChI is InChI=1S/C12H13N3OS/c1-16-11-4-2-10(3-5-11)8-15-6-7-17-12(15)14-9-13/h2-5H,6-8H2,1H3/b14-12+. The Bertz CT molecular complexity index is 450. The number of hydrogen-bond donors (Lipinski definition) is 0. The minimum absolute atomic E-state index is 0.789. The minimum atomic E-state index is 0.789. The van der Waals surface area contributed by atoms with E-state index in [1.807, 2.05) is 30.5 Å². The van der Waals surface area contributed by atoms with Crippen LogP contribution in [0.15, 0.2) is 29.3 Å². The van der Waals surface area contributed by atoms with Gasteiger partial charge in [-0.15, -0.1) is 4.99 Å². The summed E-state index contributed by atoms with van der Waals surface area (Å²) in [6, 6.07) is 7.96. The van der Waals surface area contributed by atoms with Gasteiger partial charge in [0, 0.05) is 18.8 Å². The van der Waals surface area contributed by atoms with E-state index in [0.717, 1.165) is 29.8 Å². The van der Waals surface area contributed by atoms with E-state index in [9.17, 15) is 0 Å². The molecule has 1 saturated heterocycles. The van der Waals surface area contributed by atoms with E-state index in [1.54, 1.807) is 18.9 Å². The van der Waals surface area contributed by atoms with Crippen LogP contribution in [-0.4, -0.2) is 29.5 Å². The predicted octanol–water partition coefficient (Wildman–Crippen LogP) is 2.08. The Hall–Kier alpha value is -1.67. The van der Waals surface area contributed by atoms with Crippen LogP contribution >= 0.6 is 11.8 Å². The summed E-state index contributed by atoms with van der Waals surface area (Å²) in [7, 11) is 1.66. The molecule has 1 fully saturated rings. The topological polar surface area (TPSA) is 48.6 Å². The second-order valence-electron chi connectivity index (χ2n) is 3.61. The number of amidine groups is 1. The summed E-state index contributed by atoms with van der Waals surface area (Å²) >= 11 is 1.63. The van der Waals surface area contributed by atoms with Crippen LogP contribution in [0.5, 0.6) is 5.75 Å². The van der Waals surface area contributed by atoms with Crippen molar-refractivity contribution in [3.8, 4) is 11.9 Å². The Kier molecular flexibility index (Phi) is 3.89. The Balaban J connectivity index is 2.05. The molecule has 0 amide bonds. The summed E-state index contributed by atoms with van der Waals surface area (Å²) < 4.78 is 5.11. The van der Waals surface area contributed by atoms with E-state index in [1.165, 1.54) is 5.56 Å². The van der Waals surface area contributed by atoms with Crippen molar-refractivity contribution >= 4 is 16.9 Å². The van der Waals surface area contributed by atoms with Crippen LogP contribution < -0.4 is 4.74 Å². The molecule has 0 atom stereocenters. The molecule has 2 rings (SSSR count). The largest absolute Gasteiger partial charge is 0.497 e. The molecule has 1 aromatic carbocycles. The summed E-state index contributed by atoms with van der Waals surface area (Å²) in [5, 5.41) is 9.41. The normalized spacial score (nSPS) is 17.2. The van der Waals surface area contributed by atoms with Crippen molar-refractivity contribution in [2.45, 2.75) is 6.54 Å². The van der Waals surface area contributed by atoms with E-state index >= 15 is 0 Å². The molecule has 0 radical (unpaired) electrons. The highest BCUT2D eigenvalue weighted by Crippen LogP contribution is 2.21. The van der Waals surface area contributed by atoms with Crippen molar-refractivity contribution in [2.24, 2.45) is 4.99 Å². The van der Waals surface area contributed by atoms with E-state index in [-0.39, 0.29) is 0 Å². The molecular weight excluding hydrogens is 234 g/mol. The number of thioether (sulfide) groups is 1. The van der Waals surface area contributed by atoms with Crippen LogP contribution in [-0.2, 0) is 6.54 Å². The van der Waals surface area contributed by atoms with Crippen molar-refractivity contribution in [1.82, 2.24) is 4.90 Å². The zero-order chi connectivity index (χ0) is 12.1. The van der Waals surface area contributed by atoms with E-state index in [4.69, 9.17) is 10.00 Å². The van der Waals surface area contributed by atoms with Crippen LogP contribution in [0, 0.1) is 11.5 Å². The Morgan fingerprint density at radius 2 is 2.24 bits per heavy atom. The van der Waals surface area contributed by atoms with E-state index in [0.29, 0.717) is 0 Å². The first-order valence-electron chi connectivity index (χ1n) is 5.31. The summed E-state index contributed by atoms with van der Waals surface area (Å²) in [6.45, 7) is 1.73. The van der Waals surface area contributed by atoms with Crippen LogP contribution in [0.1, 0.15) is 5.56 Å². The van der Waals surface area contributed by atoms with Crippen molar-refractivity contribution < 1.29 is 4.74 Å². The van der Waals surface area contributed by atoms with Gasteiger partial charge in [-0.25, -0.2) is 0 Å². The van der Waals surface area contributed by atoms with Gasteiger partial charge in [0.25, 0.3) is 0 Å². The number of benzene rings is 1. The maximum absolute atomic E-state index is 8.58. The van der Waals surface area contributed by atoms with Crippen LogP contribution in [0.4, 0.5) is 0 Å². The van der Waals surface area contributed by atoms with Gasteiger partial charge < -0.3 is 9.64 Å². The van der Waals surface area contributed by atoms with Gasteiger partial charge in [-0.05, 0) is 17.7 Å². The Morgan fingerprint density at radius 3 is 2.88 bits per heavy atom. The second-order valence-corrected chi connectivity index (χ2v) is 4.67. The molecule has 0 unspecified atom stereocenters. The highest BCUT2D eigenvalue weighted by Gasteiger charge is 2.19. The summed E-state index contributed by atoms with van der Waals surface area (Å²) in [5.41, 5.74) is 1.19. The van der Waals surface area contributed by atoms with Gasteiger partial charge in [-0.1, -0.05) is 23.9 Å². The average molecular weight is 247 g/mol. The first-order chi connectivity index (χ1) is 8.33. The summed E-state index contributed by atoms with van der Waals surface area (Å²) in [6.07, 6.45) is 1.85. The zero-order valence-corrected chi connectivity index (χ0v) is 10.4. The molecule has 4 nitrogen and oxygen atoms in total. The van der Waals surface area contributed by atoms with Crippen LogP contribution in [0.3, 0.4) is 0 Å². The van der Waals surface area contributed by atoms with Gasteiger partial charge in [-0.2, -0.15) is 5.26 Å². The lowest BCUT2D eigenvalue weighted by Crippen LogP contribution is -2.23. The maximum Gasteiger partial charge on any atom is 0.208 e. The van der Waals surface area contributed by atoms with Gasteiger partial charge in [0.1, 0.15) is 5.75 Å². The highest BCUT2D eigenvalue weighted by molar-refractivity contribution is 8.14. The van der Waals surface area contributed by atoms with Gasteiger partial charge in [0.2, 0.25) is 6.19 Å². The lowest BCUT2D eigenvalue weighted by molar-refractivity contribution is 0.413. The third kappa shape index (κ3) is 2.92. The number of aliphatic imine (C=N–C) groups is 1. The molecule has 5 heteroatoms. The van der Waals surface area contributed by atoms with E-state index in [2.05, 4.69) is 9.89 Å². The van der Waals surface area contributed by atoms with Gasteiger partial charge >= 0.3 is 0 Å². The van der Waals surface area contributed by atoms with Crippen molar-refractivity contribution in [3.05, 3.63) is 29.8 Å². The molecule has 1 aliphatic heterocycles. The molecule has 0 bridgehead atoms. The van der Waals surface area contributed by atoms with Crippen LogP contribution in [0.25, 0.3) is 0 Å². The van der Waals surface area contributed by atoms with Gasteiger partial charge in [0.15, 0.2) is 5.17 Å².